The van der Waals surface area contributed by atoms with E-state index in [4.69, 9.17) is 11.6 Å². The summed E-state index contributed by atoms with van der Waals surface area (Å²) < 4.78 is 0. The summed E-state index contributed by atoms with van der Waals surface area (Å²) in [5, 5.41) is 20.9. The van der Waals surface area contributed by atoms with Crippen molar-refractivity contribution in [2.24, 2.45) is 5.92 Å². The van der Waals surface area contributed by atoms with Crippen LogP contribution in [0.1, 0.15) is 19.8 Å². The Balaban J connectivity index is 2.20. The molecule has 1 aliphatic heterocycles. The van der Waals surface area contributed by atoms with Crippen molar-refractivity contribution in [3.63, 3.8) is 0 Å². The molecule has 0 bridgehead atoms. The molecule has 1 aromatic carbocycles. The number of para-hydroxylation sites is 1. The summed E-state index contributed by atoms with van der Waals surface area (Å²) in [6.07, 6.45) is 1.35. The highest BCUT2D eigenvalue weighted by Gasteiger charge is 2.28. The molecule has 1 fully saturated rings. The van der Waals surface area contributed by atoms with Gasteiger partial charge in [-0.25, -0.2) is 0 Å². The van der Waals surface area contributed by atoms with Crippen LogP contribution in [0.15, 0.2) is 18.2 Å². The Bertz CT molecular complexity index is 471. The summed E-state index contributed by atoms with van der Waals surface area (Å²) in [6.45, 7) is 3.20. The van der Waals surface area contributed by atoms with Crippen molar-refractivity contribution < 1.29 is 10.0 Å². The van der Waals surface area contributed by atoms with E-state index >= 15 is 0 Å². The molecule has 1 atom stereocenters. The number of piperidine rings is 1. The number of hydrogen-bond donors (Lipinski definition) is 1. The van der Waals surface area contributed by atoms with Crippen LogP contribution in [0, 0.1) is 16.0 Å². The molecule has 1 unspecified atom stereocenters. The predicted octanol–water partition coefficient (Wildman–Crippen LogP) is 2.85. The molecule has 1 N–H and O–H groups in total. The van der Waals surface area contributed by atoms with Gasteiger partial charge < -0.3 is 10.0 Å². The van der Waals surface area contributed by atoms with Crippen molar-refractivity contribution >= 4 is 23.0 Å². The molecule has 0 aliphatic carbocycles. The Hall–Kier alpha value is -1.33. The monoisotopic (exact) mass is 284 g/mol. The smallest absolute Gasteiger partial charge is 0.310 e. The number of nitrogens with zero attached hydrogens (tertiary/aromatic N) is 2. The van der Waals surface area contributed by atoms with Crippen molar-refractivity contribution in [3.05, 3.63) is 33.3 Å². The van der Waals surface area contributed by atoms with Gasteiger partial charge in [0, 0.05) is 13.1 Å². The van der Waals surface area contributed by atoms with Crippen LogP contribution in [0.2, 0.25) is 5.02 Å². The van der Waals surface area contributed by atoms with Crippen molar-refractivity contribution in [2.75, 3.05) is 18.0 Å². The number of halogens is 1. The lowest BCUT2D eigenvalue weighted by Gasteiger charge is -2.34. The van der Waals surface area contributed by atoms with Gasteiger partial charge in [-0.1, -0.05) is 17.7 Å². The Morgan fingerprint density at radius 2 is 2.11 bits per heavy atom. The van der Waals surface area contributed by atoms with Gasteiger partial charge >= 0.3 is 5.69 Å². The molecule has 1 saturated heterocycles. The molecule has 0 saturated carbocycles. The molecule has 6 heteroatoms. The van der Waals surface area contributed by atoms with E-state index in [9.17, 15) is 15.2 Å². The first kappa shape index (κ1) is 14.1. The lowest BCUT2D eigenvalue weighted by molar-refractivity contribution is -0.384. The molecule has 0 spiro atoms. The first-order chi connectivity index (χ1) is 9.00. The number of aliphatic hydroxyl groups is 1. The first-order valence-corrected chi connectivity index (χ1v) is 6.74. The van der Waals surface area contributed by atoms with Gasteiger partial charge in [-0.05, 0) is 37.8 Å². The van der Waals surface area contributed by atoms with Gasteiger partial charge in [-0.3, -0.25) is 10.1 Å². The molecule has 0 aromatic heterocycles. The molecule has 5 nitrogen and oxygen atoms in total. The zero-order valence-electron chi connectivity index (χ0n) is 10.8. The van der Waals surface area contributed by atoms with Crippen LogP contribution in [0.5, 0.6) is 0 Å². The second-order valence-corrected chi connectivity index (χ2v) is 5.34. The maximum atomic E-state index is 11.1. The van der Waals surface area contributed by atoms with Crippen molar-refractivity contribution in [2.45, 2.75) is 25.9 Å². The van der Waals surface area contributed by atoms with Gasteiger partial charge in [0.05, 0.1) is 11.0 Å². The van der Waals surface area contributed by atoms with Gasteiger partial charge in [-0.15, -0.1) is 0 Å². The summed E-state index contributed by atoms with van der Waals surface area (Å²) in [5.74, 6) is 0.273. The van der Waals surface area contributed by atoms with E-state index in [0.29, 0.717) is 18.8 Å². The van der Waals surface area contributed by atoms with Gasteiger partial charge in [0.15, 0.2) is 0 Å². The first-order valence-electron chi connectivity index (χ1n) is 6.36. The topological polar surface area (TPSA) is 66.6 Å². The summed E-state index contributed by atoms with van der Waals surface area (Å²) in [7, 11) is 0. The molecular weight excluding hydrogens is 268 g/mol. The molecule has 19 heavy (non-hydrogen) atoms. The third-order valence-corrected chi connectivity index (χ3v) is 4.02. The summed E-state index contributed by atoms with van der Waals surface area (Å²) in [4.78, 5) is 12.7. The Kier molecular flexibility index (Phi) is 4.27. The van der Waals surface area contributed by atoms with Gasteiger partial charge in [0.1, 0.15) is 10.7 Å². The van der Waals surface area contributed by atoms with Crippen LogP contribution in [0.3, 0.4) is 0 Å². The van der Waals surface area contributed by atoms with Crippen molar-refractivity contribution in [1.82, 2.24) is 0 Å². The highest BCUT2D eigenvalue weighted by Crippen LogP contribution is 2.37. The maximum absolute atomic E-state index is 11.1. The molecule has 1 aliphatic rings. The van der Waals surface area contributed by atoms with Gasteiger partial charge in [0.2, 0.25) is 0 Å². The van der Waals surface area contributed by atoms with Crippen molar-refractivity contribution in [3.8, 4) is 0 Å². The normalized spacial score (nSPS) is 18.4. The minimum Gasteiger partial charge on any atom is -0.393 e. The maximum Gasteiger partial charge on any atom is 0.310 e. The standard InChI is InChI=1S/C13H17ClN2O3/c1-9(17)10-5-7-15(8-6-10)12-4-2-3-11(14)13(12)16(18)19/h2-4,9-10,17H,5-8H2,1H3. The quantitative estimate of drug-likeness (QED) is 0.685. The molecule has 104 valence electrons. The zero-order valence-corrected chi connectivity index (χ0v) is 11.5. The number of nitro benzene ring substituents is 1. The number of hydrogen-bond acceptors (Lipinski definition) is 4. The van der Waals surface area contributed by atoms with Gasteiger partial charge in [0.25, 0.3) is 0 Å². The fraction of sp³-hybridized carbons (Fsp3) is 0.538. The molecule has 2 rings (SSSR count). The third-order valence-electron chi connectivity index (χ3n) is 3.71. The molecular formula is C13H17ClN2O3. The average Bonchev–Trinajstić information content (AvgIpc) is 2.38. The summed E-state index contributed by atoms with van der Waals surface area (Å²) >= 11 is 5.91. The number of benzene rings is 1. The fourth-order valence-corrected chi connectivity index (χ4v) is 2.80. The van der Waals surface area contributed by atoms with Crippen LogP contribution >= 0.6 is 11.6 Å². The van der Waals surface area contributed by atoms with Gasteiger partial charge in [-0.2, -0.15) is 0 Å². The molecule has 0 amide bonds. The van der Waals surface area contributed by atoms with Crippen LogP contribution in [0.4, 0.5) is 11.4 Å². The Morgan fingerprint density at radius 3 is 2.63 bits per heavy atom. The van der Waals surface area contributed by atoms with E-state index in [1.54, 1.807) is 19.1 Å². The van der Waals surface area contributed by atoms with E-state index in [1.165, 1.54) is 6.07 Å². The summed E-state index contributed by atoms with van der Waals surface area (Å²) in [6, 6.07) is 4.99. The van der Waals surface area contributed by atoms with Crippen molar-refractivity contribution in [1.29, 1.82) is 0 Å². The highest BCUT2D eigenvalue weighted by molar-refractivity contribution is 6.33. The second kappa shape index (κ2) is 5.75. The van der Waals surface area contributed by atoms with E-state index in [1.807, 2.05) is 4.90 Å². The predicted molar refractivity (Wildman–Crippen MR) is 74.7 cm³/mol. The number of aliphatic hydroxyl groups excluding tert-OH is 1. The van der Waals surface area contributed by atoms with Crippen LogP contribution in [0.25, 0.3) is 0 Å². The molecule has 1 heterocycles. The lowest BCUT2D eigenvalue weighted by atomic mass is 9.92. The van der Waals surface area contributed by atoms with E-state index in [-0.39, 0.29) is 22.7 Å². The fourth-order valence-electron chi connectivity index (χ4n) is 2.56. The van der Waals surface area contributed by atoms with Crippen LogP contribution in [-0.4, -0.2) is 29.2 Å². The SMILES string of the molecule is CC(O)C1CCN(c2cccc(Cl)c2[N+](=O)[O-])CC1. The second-order valence-electron chi connectivity index (χ2n) is 4.93. The molecule has 1 aromatic rings. The Labute approximate surface area is 116 Å². The number of rotatable bonds is 3. The minimum atomic E-state index is -0.432. The molecule has 0 radical (unpaired) electrons. The number of nitro groups is 1. The summed E-state index contributed by atoms with van der Waals surface area (Å²) in [5.41, 5.74) is 0.543. The largest absolute Gasteiger partial charge is 0.393 e. The number of anilines is 1. The van der Waals surface area contributed by atoms with Crippen LogP contribution < -0.4 is 4.90 Å². The third kappa shape index (κ3) is 2.98. The lowest BCUT2D eigenvalue weighted by Crippen LogP contribution is -2.37. The average molecular weight is 285 g/mol. The minimum absolute atomic E-state index is 0.0281. The highest BCUT2D eigenvalue weighted by atomic mass is 35.5. The Morgan fingerprint density at radius 1 is 1.47 bits per heavy atom. The van der Waals surface area contributed by atoms with E-state index in [0.717, 1.165) is 12.8 Å². The van der Waals surface area contributed by atoms with E-state index < -0.39 is 4.92 Å². The van der Waals surface area contributed by atoms with Crippen LogP contribution in [-0.2, 0) is 0 Å². The zero-order chi connectivity index (χ0) is 14.0. The van der Waals surface area contributed by atoms with E-state index in [2.05, 4.69) is 0 Å².